The van der Waals surface area contributed by atoms with Gasteiger partial charge in [-0.15, -0.1) is 0 Å². The molecule has 0 aromatic heterocycles. The molecule has 0 radical (unpaired) electrons. The van der Waals surface area contributed by atoms with Gasteiger partial charge >= 0.3 is 5.97 Å². The molecule has 0 N–H and O–H groups in total. The van der Waals surface area contributed by atoms with E-state index < -0.39 is 20.3 Å². The van der Waals surface area contributed by atoms with Gasteiger partial charge in [0.15, 0.2) is 0 Å². The second-order valence-corrected chi connectivity index (χ2v) is 16.8. The summed E-state index contributed by atoms with van der Waals surface area (Å²) in [6, 6.07) is 21.1. The van der Waals surface area contributed by atoms with Crippen LogP contribution in [0.25, 0.3) is 0 Å². The topological polar surface area (TPSA) is 57.1 Å². The van der Waals surface area contributed by atoms with E-state index in [1.807, 2.05) is 12.1 Å². The molecule has 2 aromatic carbocycles. The molecule has 1 heterocycles. The van der Waals surface area contributed by atoms with Gasteiger partial charge in [0.05, 0.1) is 18.7 Å². The van der Waals surface area contributed by atoms with Crippen molar-refractivity contribution >= 4 is 30.4 Å². The summed E-state index contributed by atoms with van der Waals surface area (Å²) in [5.41, 5.74) is 2.05. The number of benzene rings is 2. The van der Waals surface area contributed by atoms with Gasteiger partial charge in [0, 0.05) is 11.3 Å². The zero-order valence-corrected chi connectivity index (χ0v) is 23.4. The first-order chi connectivity index (χ1) is 17.6. The molecule has 5 nitrogen and oxygen atoms in total. The molecule has 7 atom stereocenters. The van der Waals surface area contributed by atoms with Crippen molar-refractivity contribution in [1.82, 2.24) is 0 Å². The number of carbonyl (C=O) groups excluding carboxylic acids is 1. The maximum Gasteiger partial charge on any atom is 0.311 e. The predicted molar refractivity (Wildman–Crippen MR) is 147 cm³/mol. The summed E-state index contributed by atoms with van der Waals surface area (Å²) < 4.78 is 13.0. The third-order valence-electron chi connectivity index (χ3n) is 9.75. The SMILES string of the molecule is C=C1CC[C@@]2(C)[C@@H]3ON=C4C(O[Si](c5ccccc5)(c5ccccc5)C(C)(C)C)C(C(=O)OC)[C@@H]([C@@H]43)[C@@H]12. The molecule has 2 unspecified atom stereocenters. The summed E-state index contributed by atoms with van der Waals surface area (Å²) in [6.07, 6.45) is 1.44. The Bertz CT molecular complexity index is 1210. The van der Waals surface area contributed by atoms with E-state index in [1.54, 1.807) is 0 Å². The number of hydrogen-bond acceptors (Lipinski definition) is 5. The summed E-state index contributed by atoms with van der Waals surface area (Å²) >= 11 is 0. The Hall–Kier alpha value is -2.70. The van der Waals surface area contributed by atoms with E-state index >= 15 is 0 Å². The van der Waals surface area contributed by atoms with E-state index in [4.69, 9.17) is 14.0 Å². The molecule has 6 heteroatoms. The highest BCUT2D eigenvalue weighted by Crippen LogP contribution is 2.68. The highest BCUT2D eigenvalue weighted by atomic mass is 28.4. The summed E-state index contributed by atoms with van der Waals surface area (Å²) in [7, 11) is -1.45. The van der Waals surface area contributed by atoms with Crippen LogP contribution >= 0.6 is 0 Å². The van der Waals surface area contributed by atoms with Crippen LogP contribution in [-0.4, -0.2) is 39.3 Å². The van der Waals surface area contributed by atoms with E-state index in [0.29, 0.717) is 0 Å². The highest BCUT2D eigenvalue weighted by Gasteiger charge is 2.74. The van der Waals surface area contributed by atoms with E-state index in [2.05, 4.69) is 88.0 Å². The number of rotatable bonds is 5. The van der Waals surface area contributed by atoms with Crippen LogP contribution < -0.4 is 10.4 Å². The fourth-order valence-electron chi connectivity index (χ4n) is 8.26. The van der Waals surface area contributed by atoms with Crippen molar-refractivity contribution in [2.75, 3.05) is 7.11 Å². The maximum absolute atomic E-state index is 13.6. The Morgan fingerprint density at radius 3 is 2.22 bits per heavy atom. The summed E-state index contributed by atoms with van der Waals surface area (Å²) in [5, 5.41) is 6.83. The normalized spacial score (nSPS) is 34.1. The molecular formula is C31H37NO4Si. The van der Waals surface area contributed by atoms with Crippen LogP contribution in [0.2, 0.25) is 5.04 Å². The monoisotopic (exact) mass is 515 g/mol. The number of nitrogens with zero attached hydrogens (tertiary/aromatic N) is 1. The average Bonchev–Trinajstić information content (AvgIpc) is 3.59. The van der Waals surface area contributed by atoms with Crippen LogP contribution in [0.4, 0.5) is 0 Å². The lowest BCUT2D eigenvalue weighted by atomic mass is 9.74. The van der Waals surface area contributed by atoms with Crippen LogP contribution in [-0.2, 0) is 18.8 Å². The van der Waals surface area contributed by atoms with Gasteiger partial charge in [-0.3, -0.25) is 4.79 Å². The molecule has 4 aliphatic rings. The smallest absolute Gasteiger partial charge is 0.311 e. The van der Waals surface area contributed by atoms with E-state index in [9.17, 15) is 4.79 Å². The third-order valence-corrected chi connectivity index (χ3v) is 14.8. The number of methoxy groups -OCH3 is 1. The number of ether oxygens (including phenoxy) is 1. The van der Waals surface area contributed by atoms with E-state index in [-0.39, 0.29) is 40.3 Å². The van der Waals surface area contributed by atoms with E-state index in [1.165, 1.54) is 23.1 Å². The van der Waals surface area contributed by atoms with Crippen LogP contribution in [0.3, 0.4) is 0 Å². The fraction of sp³-hybridized carbons (Fsp3) is 0.484. The largest absolute Gasteiger partial charge is 0.469 e. The van der Waals surface area contributed by atoms with Gasteiger partial charge in [-0.2, -0.15) is 0 Å². The molecule has 0 bridgehead atoms. The van der Waals surface area contributed by atoms with Crippen molar-refractivity contribution in [3.8, 4) is 0 Å². The Morgan fingerprint density at radius 1 is 1.08 bits per heavy atom. The molecule has 3 aliphatic carbocycles. The average molecular weight is 516 g/mol. The van der Waals surface area contributed by atoms with Crippen LogP contribution in [0.15, 0.2) is 78.0 Å². The number of esters is 1. The van der Waals surface area contributed by atoms with Crippen molar-refractivity contribution in [2.24, 2.45) is 34.2 Å². The van der Waals surface area contributed by atoms with Gasteiger partial charge in [0.1, 0.15) is 12.2 Å². The Morgan fingerprint density at radius 2 is 1.68 bits per heavy atom. The molecule has 1 aliphatic heterocycles. The molecule has 0 saturated heterocycles. The molecule has 0 amide bonds. The van der Waals surface area contributed by atoms with Crippen molar-refractivity contribution in [1.29, 1.82) is 0 Å². The molecule has 194 valence electrons. The van der Waals surface area contributed by atoms with Crippen LogP contribution in [0.1, 0.15) is 40.5 Å². The lowest BCUT2D eigenvalue weighted by Crippen LogP contribution is -2.68. The highest BCUT2D eigenvalue weighted by molar-refractivity contribution is 6.99. The Labute approximate surface area is 221 Å². The molecule has 3 saturated carbocycles. The number of carbonyl (C=O) groups is 1. The number of hydrogen-bond donors (Lipinski definition) is 0. The number of fused-ring (bicyclic) bond motifs is 3. The number of allylic oxidation sites excluding steroid dienone is 1. The van der Waals surface area contributed by atoms with Crippen molar-refractivity contribution in [3.05, 3.63) is 72.8 Å². The molecule has 2 aromatic rings. The molecule has 3 fully saturated rings. The second kappa shape index (κ2) is 8.40. The quantitative estimate of drug-likeness (QED) is 0.329. The Balaban J connectivity index is 1.54. The van der Waals surface area contributed by atoms with Crippen molar-refractivity contribution in [3.63, 3.8) is 0 Å². The zero-order valence-electron chi connectivity index (χ0n) is 22.4. The molecule has 6 rings (SSSR count). The van der Waals surface area contributed by atoms with Gasteiger partial charge < -0.3 is 14.0 Å². The fourth-order valence-corrected chi connectivity index (χ4v) is 12.9. The minimum absolute atomic E-state index is 0.0296. The maximum atomic E-state index is 13.6. The minimum atomic E-state index is -2.94. The van der Waals surface area contributed by atoms with E-state index in [0.717, 1.165) is 18.6 Å². The lowest BCUT2D eigenvalue weighted by molar-refractivity contribution is -0.150. The second-order valence-electron chi connectivity index (χ2n) is 12.5. The van der Waals surface area contributed by atoms with Crippen molar-refractivity contribution in [2.45, 2.75) is 57.8 Å². The Kier molecular flexibility index (Phi) is 5.59. The summed E-state index contributed by atoms with van der Waals surface area (Å²) in [4.78, 5) is 19.8. The lowest BCUT2D eigenvalue weighted by Gasteiger charge is -2.45. The van der Waals surface area contributed by atoms with Crippen LogP contribution in [0.5, 0.6) is 0 Å². The first-order valence-corrected chi connectivity index (χ1v) is 15.3. The molecule has 0 spiro atoms. The minimum Gasteiger partial charge on any atom is -0.469 e. The van der Waals surface area contributed by atoms with Crippen LogP contribution in [0, 0.1) is 29.1 Å². The van der Waals surface area contributed by atoms with Gasteiger partial charge in [-0.05, 0) is 40.1 Å². The molecule has 37 heavy (non-hydrogen) atoms. The summed E-state index contributed by atoms with van der Waals surface area (Å²) in [5.74, 6) is -0.373. The summed E-state index contributed by atoms with van der Waals surface area (Å²) in [6.45, 7) is 13.5. The van der Waals surface area contributed by atoms with Gasteiger partial charge in [0.25, 0.3) is 8.32 Å². The van der Waals surface area contributed by atoms with Gasteiger partial charge in [-0.1, -0.05) is 106 Å². The first kappa shape index (κ1) is 24.6. The number of oxime groups is 1. The zero-order chi connectivity index (χ0) is 26.2. The van der Waals surface area contributed by atoms with Gasteiger partial charge in [0.2, 0.25) is 0 Å². The third kappa shape index (κ3) is 3.24. The standard InChI is InChI=1S/C31H37NO4Si/c1-19-17-18-31(5)25(19)22-23-26(32-35-28(23)31)27(24(22)29(33)34-6)36-37(30(2,3)4,20-13-9-7-10-14-20)21-15-11-8-12-16-21/h7-16,22-25,27-28H,1,17-18H2,2-6H3/t22-,23+,24?,25-,27?,28-,31-/m1/s1. The van der Waals surface area contributed by atoms with Crippen molar-refractivity contribution < 1.29 is 18.8 Å². The molecular weight excluding hydrogens is 478 g/mol. The first-order valence-electron chi connectivity index (χ1n) is 13.4. The predicted octanol–water partition coefficient (Wildman–Crippen LogP) is 4.71. The van der Waals surface area contributed by atoms with Gasteiger partial charge in [-0.25, -0.2) is 0 Å².